The molecule has 0 radical (unpaired) electrons. The van der Waals surface area contributed by atoms with Gasteiger partial charge in [0.15, 0.2) is 0 Å². The second-order valence-electron chi connectivity index (χ2n) is 3.70. The summed E-state index contributed by atoms with van der Waals surface area (Å²) >= 11 is 0. The summed E-state index contributed by atoms with van der Waals surface area (Å²) < 4.78 is 39.9. The predicted octanol–water partition coefficient (Wildman–Crippen LogP) is 0.875. The van der Waals surface area contributed by atoms with Crippen LogP contribution in [0.15, 0.2) is 41.8 Å². The van der Waals surface area contributed by atoms with Crippen molar-refractivity contribution in [2.45, 2.75) is 11.4 Å². The van der Waals surface area contributed by atoms with Crippen molar-refractivity contribution in [1.82, 2.24) is 9.97 Å². The molecule has 0 spiro atoms. The van der Waals surface area contributed by atoms with E-state index in [2.05, 4.69) is 14.7 Å². The summed E-state index contributed by atoms with van der Waals surface area (Å²) in [6, 6.07) is 3.69. The van der Waals surface area contributed by atoms with Gasteiger partial charge in [-0.1, -0.05) is 6.07 Å². The zero-order valence-corrected chi connectivity index (χ0v) is 10.6. The number of sulfonamides is 1. The Hall–Kier alpha value is -2.06. The van der Waals surface area contributed by atoms with Crippen LogP contribution >= 0.6 is 0 Å². The molecule has 19 heavy (non-hydrogen) atoms. The molecular formula is C11H11FN4O2S. The molecule has 1 aromatic carbocycles. The van der Waals surface area contributed by atoms with Gasteiger partial charge in [0.2, 0.25) is 0 Å². The lowest BCUT2D eigenvalue weighted by atomic mass is 10.2. The molecule has 0 aliphatic rings. The lowest BCUT2D eigenvalue weighted by molar-refractivity contribution is 0.569. The van der Waals surface area contributed by atoms with E-state index in [0.29, 0.717) is 5.56 Å². The molecule has 0 saturated carbocycles. The van der Waals surface area contributed by atoms with Crippen molar-refractivity contribution in [3.05, 3.63) is 48.3 Å². The zero-order valence-electron chi connectivity index (χ0n) is 9.75. The molecule has 1 heterocycles. The predicted molar refractivity (Wildman–Crippen MR) is 67.1 cm³/mol. The van der Waals surface area contributed by atoms with Gasteiger partial charge in [-0.2, -0.15) is 0 Å². The molecule has 100 valence electrons. The lowest BCUT2D eigenvalue weighted by Gasteiger charge is -2.09. The summed E-state index contributed by atoms with van der Waals surface area (Å²) in [4.78, 5) is 6.87. The topological polar surface area (TPSA) is 98.0 Å². The summed E-state index contributed by atoms with van der Waals surface area (Å²) in [5, 5.41) is 0. The van der Waals surface area contributed by atoms with E-state index >= 15 is 0 Å². The summed E-state index contributed by atoms with van der Waals surface area (Å²) in [6.07, 6.45) is 3.80. The highest BCUT2D eigenvalue weighted by molar-refractivity contribution is 7.92. The smallest absolute Gasteiger partial charge is 0.264 e. The minimum atomic E-state index is -4.04. The molecule has 2 aromatic rings. The van der Waals surface area contributed by atoms with Crippen LogP contribution in [0.2, 0.25) is 0 Å². The number of hydrogen-bond donors (Lipinski definition) is 2. The van der Waals surface area contributed by atoms with Gasteiger partial charge < -0.3 is 5.73 Å². The number of rotatable bonds is 4. The molecular weight excluding hydrogens is 271 g/mol. The van der Waals surface area contributed by atoms with E-state index in [-0.39, 0.29) is 12.2 Å². The van der Waals surface area contributed by atoms with E-state index in [0.717, 1.165) is 6.07 Å². The number of aromatic nitrogens is 2. The van der Waals surface area contributed by atoms with Crippen LogP contribution in [0.4, 0.5) is 10.1 Å². The number of nitrogens with zero attached hydrogens (tertiary/aromatic N) is 2. The van der Waals surface area contributed by atoms with Gasteiger partial charge >= 0.3 is 0 Å². The van der Waals surface area contributed by atoms with Crippen molar-refractivity contribution >= 4 is 15.7 Å². The van der Waals surface area contributed by atoms with Crippen LogP contribution < -0.4 is 10.5 Å². The van der Waals surface area contributed by atoms with E-state index in [9.17, 15) is 12.8 Å². The molecule has 0 bridgehead atoms. The van der Waals surface area contributed by atoms with Crippen molar-refractivity contribution < 1.29 is 12.8 Å². The molecule has 2 rings (SSSR count). The average molecular weight is 282 g/mol. The third-order valence-corrected chi connectivity index (χ3v) is 3.73. The number of nitrogens with two attached hydrogens (primary N) is 1. The Morgan fingerprint density at radius 2 is 1.95 bits per heavy atom. The maximum Gasteiger partial charge on any atom is 0.264 e. The van der Waals surface area contributed by atoms with Gasteiger partial charge in [0.05, 0.1) is 18.1 Å². The molecule has 1 aromatic heterocycles. The SMILES string of the molecule is NCc1ccc(F)c(S(=O)(=O)Nc2cncnc2)c1. The molecule has 0 aliphatic heterocycles. The molecule has 0 atom stereocenters. The summed E-state index contributed by atoms with van der Waals surface area (Å²) in [5.74, 6) is -0.846. The molecule has 0 amide bonds. The van der Waals surface area contributed by atoms with Gasteiger partial charge in [-0.25, -0.2) is 22.8 Å². The average Bonchev–Trinajstić information content (AvgIpc) is 2.39. The largest absolute Gasteiger partial charge is 0.326 e. The van der Waals surface area contributed by atoms with Crippen LogP contribution in [0.25, 0.3) is 0 Å². The Morgan fingerprint density at radius 3 is 2.58 bits per heavy atom. The highest BCUT2D eigenvalue weighted by Gasteiger charge is 2.19. The van der Waals surface area contributed by atoms with Crippen molar-refractivity contribution in [3.8, 4) is 0 Å². The maximum absolute atomic E-state index is 13.6. The van der Waals surface area contributed by atoms with E-state index in [1.165, 1.54) is 30.9 Å². The summed E-state index contributed by atoms with van der Waals surface area (Å²) in [6.45, 7) is 0.122. The molecule has 3 N–H and O–H groups in total. The molecule has 0 saturated heterocycles. The Kier molecular flexibility index (Phi) is 3.72. The first kappa shape index (κ1) is 13.4. The second kappa shape index (κ2) is 5.29. The van der Waals surface area contributed by atoms with Gasteiger partial charge in [-0.05, 0) is 17.7 Å². The number of benzene rings is 1. The van der Waals surface area contributed by atoms with Gasteiger partial charge in [0.25, 0.3) is 10.0 Å². The van der Waals surface area contributed by atoms with Crippen LogP contribution in [-0.2, 0) is 16.6 Å². The third-order valence-electron chi connectivity index (χ3n) is 2.33. The van der Waals surface area contributed by atoms with Gasteiger partial charge in [-0.3, -0.25) is 4.72 Å². The molecule has 0 unspecified atom stereocenters. The highest BCUT2D eigenvalue weighted by atomic mass is 32.2. The Labute approximate surface area is 109 Å². The Balaban J connectivity index is 2.39. The number of anilines is 1. The normalized spacial score (nSPS) is 11.3. The summed E-state index contributed by atoms with van der Waals surface area (Å²) in [7, 11) is -4.04. The molecule has 6 nitrogen and oxygen atoms in total. The molecule has 0 fully saturated rings. The quantitative estimate of drug-likeness (QED) is 0.867. The van der Waals surface area contributed by atoms with Crippen molar-refractivity contribution in [2.75, 3.05) is 4.72 Å². The van der Waals surface area contributed by atoms with E-state index in [4.69, 9.17) is 5.73 Å². The van der Waals surface area contributed by atoms with E-state index in [1.807, 2.05) is 0 Å². The number of hydrogen-bond acceptors (Lipinski definition) is 5. The Morgan fingerprint density at radius 1 is 1.26 bits per heavy atom. The van der Waals surface area contributed by atoms with E-state index < -0.39 is 20.7 Å². The first-order chi connectivity index (χ1) is 9.03. The van der Waals surface area contributed by atoms with Crippen LogP contribution in [0.5, 0.6) is 0 Å². The molecule has 8 heteroatoms. The van der Waals surface area contributed by atoms with Crippen molar-refractivity contribution in [3.63, 3.8) is 0 Å². The van der Waals surface area contributed by atoms with Crippen LogP contribution in [-0.4, -0.2) is 18.4 Å². The van der Waals surface area contributed by atoms with Crippen molar-refractivity contribution in [2.24, 2.45) is 5.73 Å². The van der Waals surface area contributed by atoms with Crippen LogP contribution in [0, 0.1) is 5.82 Å². The van der Waals surface area contributed by atoms with Crippen LogP contribution in [0.1, 0.15) is 5.56 Å². The second-order valence-corrected chi connectivity index (χ2v) is 5.35. The number of halogens is 1. The minimum Gasteiger partial charge on any atom is -0.326 e. The standard InChI is InChI=1S/C11H11FN4O2S/c12-10-2-1-8(4-13)3-11(10)19(17,18)16-9-5-14-7-15-6-9/h1-3,5-7,16H,4,13H2. The first-order valence-electron chi connectivity index (χ1n) is 5.29. The number of nitrogens with one attached hydrogen (secondary N) is 1. The Bertz CT molecular complexity index is 676. The first-order valence-corrected chi connectivity index (χ1v) is 6.77. The van der Waals surface area contributed by atoms with E-state index in [1.54, 1.807) is 0 Å². The maximum atomic E-state index is 13.6. The fourth-order valence-corrected chi connectivity index (χ4v) is 2.60. The van der Waals surface area contributed by atoms with Gasteiger partial charge in [-0.15, -0.1) is 0 Å². The fourth-order valence-electron chi connectivity index (χ4n) is 1.44. The fraction of sp³-hybridized carbons (Fsp3) is 0.0909. The summed E-state index contributed by atoms with van der Waals surface area (Å²) in [5.41, 5.74) is 6.08. The lowest BCUT2D eigenvalue weighted by Crippen LogP contribution is -2.15. The molecule has 0 aliphatic carbocycles. The zero-order chi connectivity index (χ0) is 13.9. The monoisotopic (exact) mass is 282 g/mol. The highest BCUT2D eigenvalue weighted by Crippen LogP contribution is 2.19. The van der Waals surface area contributed by atoms with Crippen molar-refractivity contribution in [1.29, 1.82) is 0 Å². The minimum absolute atomic E-state index is 0.122. The van der Waals surface area contributed by atoms with Crippen LogP contribution in [0.3, 0.4) is 0 Å². The van der Waals surface area contributed by atoms with Gasteiger partial charge in [0.1, 0.15) is 17.0 Å². The third kappa shape index (κ3) is 3.04. The van der Waals surface area contributed by atoms with Gasteiger partial charge in [0, 0.05) is 6.54 Å².